The smallest absolute Gasteiger partial charge is 0.369 e. The molecule has 1 heterocycles. The van der Waals surface area contributed by atoms with Crippen LogP contribution in [0.1, 0.15) is 22.3 Å². The Balaban J connectivity index is 2.14. The Kier molecular flexibility index (Phi) is 4.43. The fourth-order valence-corrected chi connectivity index (χ4v) is 2.13. The number of rotatable bonds is 5. The van der Waals surface area contributed by atoms with Gasteiger partial charge in [0, 0.05) is 11.6 Å². The van der Waals surface area contributed by atoms with Crippen LogP contribution in [0, 0.1) is 17.0 Å². The predicted molar refractivity (Wildman–Crippen MR) is 73.8 cm³/mol. The third kappa shape index (κ3) is 3.51. The molecular weight excluding hydrogens is 298 g/mol. The van der Waals surface area contributed by atoms with Crippen molar-refractivity contribution < 1.29 is 19.2 Å². The van der Waals surface area contributed by atoms with Gasteiger partial charge in [-0.3, -0.25) is 10.1 Å². The monoisotopic (exact) mass is 309 g/mol. The Morgan fingerprint density at radius 2 is 2.19 bits per heavy atom. The number of ether oxygens (including phenoxy) is 2. The SMILES string of the molecule is CCOC(=O)c1nnc(Oc2ccc([N+](=O)[O-])c(C)c2)s1. The maximum atomic E-state index is 11.4. The summed E-state index contributed by atoms with van der Waals surface area (Å²) in [6, 6.07) is 4.32. The maximum Gasteiger partial charge on any atom is 0.369 e. The number of hydrogen-bond donors (Lipinski definition) is 0. The van der Waals surface area contributed by atoms with E-state index in [0.717, 1.165) is 11.3 Å². The van der Waals surface area contributed by atoms with Crippen molar-refractivity contribution in [1.29, 1.82) is 0 Å². The Morgan fingerprint density at radius 1 is 1.43 bits per heavy atom. The number of esters is 1. The van der Waals surface area contributed by atoms with Crippen molar-refractivity contribution in [3.05, 3.63) is 38.9 Å². The first-order valence-corrected chi connectivity index (χ1v) is 6.76. The highest BCUT2D eigenvalue weighted by Gasteiger charge is 2.16. The van der Waals surface area contributed by atoms with E-state index in [1.165, 1.54) is 18.2 Å². The fourth-order valence-electron chi connectivity index (χ4n) is 1.52. The third-order valence-corrected chi connectivity index (χ3v) is 3.21. The summed E-state index contributed by atoms with van der Waals surface area (Å²) >= 11 is 0.939. The van der Waals surface area contributed by atoms with E-state index < -0.39 is 10.9 Å². The minimum absolute atomic E-state index is 0.00632. The molecule has 0 amide bonds. The molecule has 0 saturated carbocycles. The summed E-state index contributed by atoms with van der Waals surface area (Å²) in [6.45, 7) is 3.54. The lowest BCUT2D eigenvalue weighted by Gasteiger charge is -2.02. The quantitative estimate of drug-likeness (QED) is 0.475. The largest absolute Gasteiger partial charge is 0.461 e. The van der Waals surface area contributed by atoms with Crippen molar-refractivity contribution in [2.75, 3.05) is 6.61 Å². The van der Waals surface area contributed by atoms with Gasteiger partial charge in [-0.2, -0.15) is 0 Å². The Bertz CT molecular complexity index is 685. The molecule has 0 atom stereocenters. The number of aromatic nitrogens is 2. The zero-order valence-corrected chi connectivity index (χ0v) is 12.0. The van der Waals surface area contributed by atoms with Gasteiger partial charge in [0.25, 0.3) is 10.9 Å². The molecule has 0 unspecified atom stereocenters. The minimum atomic E-state index is -0.565. The van der Waals surface area contributed by atoms with Gasteiger partial charge in [0.2, 0.25) is 5.01 Å². The number of aryl methyl sites for hydroxylation is 1. The second kappa shape index (κ2) is 6.27. The molecule has 110 valence electrons. The lowest BCUT2D eigenvalue weighted by atomic mass is 10.2. The van der Waals surface area contributed by atoms with Crippen LogP contribution in [0.15, 0.2) is 18.2 Å². The molecule has 0 saturated heterocycles. The van der Waals surface area contributed by atoms with Gasteiger partial charge in [-0.05, 0) is 37.3 Å². The van der Waals surface area contributed by atoms with Gasteiger partial charge in [-0.15, -0.1) is 5.10 Å². The van der Waals surface area contributed by atoms with Crippen LogP contribution in [0.4, 0.5) is 5.69 Å². The van der Waals surface area contributed by atoms with E-state index in [9.17, 15) is 14.9 Å². The molecule has 0 fully saturated rings. The normalized spacial score (nSPS) is 10.2. The maximum absolute atomic E-state index is 11.4. The highest BCUT2D eigenvalue weighted by Crippen LogP contribution is 2.29. The third-order valence-electron chi connectivity index (χ3n) is 2.43. The first-order valence-electron chi connectivity index (χ1n) is 5.94. The molecule has 21 heavy (non-hydrogen) atoms. The van der Waals surface area contributed by atoms with Gasteiger partial charge >= 0.3 is 5.97 Å². The van der Waals surface area contributed by atoms with E-state index in [1.54, 1.807) is 13.8 Å². The molecule has 2 aromatic rings. The van der Waals surface area contributed by atoms with Crippen LogP contribution in [-0.4, -0.2) is 27.7 Å². The first-order chi connectivity index (χ1) is 10.0. The molecule has 1 aromatic carbocycles. The van der Waals surface area contributed by atoms with Crippen LogP contribution in [0.25, 0.3) is 0 Å². The zero-order chi connectivity index (χ0) is 15.4. The van der Waals surface area contributed by atoms with E-state index in [-0.39, 0.29) is 22.5 Å². The molecular formula is C12H11N3O5S. The minimum Gasteiger partial charge on any atom is -0.461 e. The zero-order valence-electron chi connectivity index (χ0n) is 11.2. The van der Waals surface area contributed by atoms with Crippen LogP contribution < -0.4 is 4.74 Å². The van der Waals surface area contributed by atoms with Crippen molar-refractivity contribution >= 4 is 23.0 Å². The standard InChI is InChI=1S/C12H11N3O5S/c1-3-19-11(16)10-13-14-12(21-10)20-8-4-5-9(15(17)18)7(2)6-8/h4-6H,3H2,1-2H3. The number of nitro groups is 1. The number of hydrogen-bond acceptors (Lipinski definition) is 8. The van der Waals surface area contributed by atoms with Crippen LogP contribution in [0.2, 0.25) is 0 Å². The molecule has 8 nitrogen and oxygen atoms in total. The number of carbonyl (C=O) groups excluding carboxylic acids is 1. The molecule has 0 bridgehead atoms. The Hall–Kier alpha value is -2.55. The molecule has 0 aliphatic heterocycles. The van der Waals surface area contributed by atoms with Gasteiger partial charge in [-0.25, -0.2) is 4.79 Å². The van der Waals surface area contributed by atoms with Crippen LogP contribution >= 0.6 is 11.3 Å². The second-order valence-corrected chi connectivity index (χ2v) is 4.84. The molecule has 0 aliphatic rings. The highest BCUT2D eigenvalue weighted by molar-refractivity contribution is 7.14. The van der Waals surface area contributed by atoms with Gasteiger partial charge < -0.3 is 9.47 Å². The molecule has 1 aromatic heterocycles. The summed E-state index contributed by atoms with van der Waals surface area (Å²) in [5, 5.41) is 18.3. The predicted octanol–water partition coefficient (Wildman–Crippen LogP) is 2.72. The average molecular weight is 309 g/mol. The van der Waals surface area contributed by atoms with Gasteiger partial charge in [0.15, 0.2) is 0 Å². The summed E-state index contributed by atoms with van der Waals surface area (Å²) in [6.07, 6.45) is 0. The molecule has 0 N–H and O–H groups in total. The van der Waals surface area contributed by atoms with Crippen LogP contribution in [0.5, 0.6) is 10.9 Å². The van der Waals surface area contributed by atoms with Crippen molar-refractivity contribution in [2.45, 2.75) is 13.8 Å². The van der Waals surface area contributed by atoms with Crippen molar-refractivity contribution in [2.24, 2.45) is 0 Å². The number of nitro benzene ring substituents is 1. The summed E-state index contributed by atoms with van der Waals surface area (Å²) in [5.41, 5.74) is 0.472. The van der Waals surface area contributed by atoms with E-state index in [2.05, 4.69) is 10.2 Å². The second-order valence-electron chi connectivity index (χ2n) is 3.90. The van der Waals surface area contributed by atoms with Crippen LogP contribution in [0.3, 0.4) is 0 Å². The van der Waals surface area contributed by atoms with E-state index in [1.807, 2.05) is 0 Å². The molecule has 0 spiro atoms. The average Bonchev–Trinajstić information content (AvgIpc) is 2.87. The highest BCUT2D eigenvalue weighted by atomic mass is 32.1. The van der Waals surface area contributed by atoms with E-state index in [4.69, 9.17) is 9.47 Å². The lowest BCUT2D eigenvalue weighted by molar-refractivity contribution is -0.385. The summed E-state index contributed by atoms with van der Waals surface area (Å²) in [4.78, 5) is 21.7. The molecule has 0 radical (unpaired) electrons. The first kappa shape index (κ1) is 14.9. The summed E-state index contributed by atoms with van der Waals surface area (Å²) < 4.78 is 10.2. The molecule has 9 heteroatoms. The number of carbonyl (C=O) groups is 1. The lowest BCUT2D eigenvalue weighted by Crippen LogP contribution is -2.03. The summed E-state index contributed by atoms with van der Waals surface area (Å²) in [5.74, 6) is -0.186. The van der Waals surface area contributed by atoms with Crippen molar-refractivity contribution in [3.63, 3.8) is 0 Å². The molecule has 0 aliphatic carbocycles. The van der Waals surface area contributed by atoms with Crippen molar-refractivity contribution in [1.82, 2.24) is 10.2 Å². The number of benzene rings is 1. The van der Waals surface area contributed by atoms with Crippen LogP contribution in [-0.2, 0) is 4.74 Å². The van der Waals surface area contributed by atoms with Gasteiger partial charge in [-0.1, -0.05) is 5.10 Å². The Labute approximate surface area is 123 Å². The fraction of sp³-hybridized carbons (Fsp3) is 0.250. The van der Waals surface area contributed by atoms with E-state index >= 15 is 0 Å². The summed E-state index contributed by atoms with van der Waals surface area (Å²) in [7, 11) is 0. The van der Waals surface area contributed by atoms with E-state index in [0.29, 0.717) is 11.3 Å². The Morgan fingerprint density at radius 3 is 2.81 bits per heavy atom. The van der Waals surface area contributed by atoms with Crippen molar-refractivity contribution in [3.8, 4) is 10.9 Å². The number of nitrogens with zero attached hydrogens (tertiary/aromatic N) is 3. The topological polar surface area (TPSA) is 104 Å². The van der Waals surface area contributed by atoms with Gasteiger partial charge in [0.1, 0.15) is 5.75 Å². The van der Waals surface area contributed by atoms with Gasteiger partial charge in [0.05, 0.1) is 11.5 Å². The molecule has 2 rings (SSSR count).